The highest BCUT2D eigenvalue weighted by atomic mass is 16.4. The lowest BCUT2D eigenvalue weighted by Crippen LogP contribution is -2.50. The number of aliphatic carboxylic acids is 1. The molecule has 0 bridgehead atoms. The van der Waals surface area contributed by atoms with E-state index in [2.05, 4.69) is 0 Å². The quantitative estimate of drug-likeness (QED) is 0.695. The maximum Gasteiger partial charge on any atom is 0.323 e. The van der Waals surface area contributed by atoms with Gasteiger partial charge in [0.05, 0.1) is 0 Å². The van der Waals surface area contributed by atoms with E-state index in [0.29, 0.717) is 25.9 Å². The van der Waals surface area contributed by atoms with E-state index in [1.54, 1.807) is 18.7 Å². The van der Waals surface area contributed by atoms with Gasteiger partial charge in [-0.15, -0.1) is 0 Å². The lowest BCUT2D eigenvalue weighted by molar-refractivity contribution is -0.149. The Hall–Kier alpha value is -1.10. The molecule has 19 heavy (non-hydrogen) atoms. The van der Waals surface area contributed by atoms with Gasteiger partial charge in [0.15, 0.2) is 0 Å². The normalized spacial score (nSPS) is 11.7. The first kappa shape index (κ1) is 17.9. The molecule has 0 saturated carbocycles. The average molecular weight is 272 g/mol. The second kappa shape index (κ2) is 8.15. The van der Waals surface area contributed by atoms with Crippen LogP contribution in [-0.4, -0.2) is 58.5 Å². The van der Waals surface area contributed by atoms with Gasteiger partial charge in [-0.05, 0) is 47.2 Å². The van der Waals surface area contributed by atoms with Crippen LogP contribution >= 0.6 is 0 Å². The van der Waals surface area contributed by atoms with Crippen molar-refractivity contribution in [2.75, 3.05) is 26.2 Å². The Bertz CT molecular complexity index is 299. The van der Waals surface area contributed by atoms with Gasteiger partial charge in [0.2, 0.25) is 5.91 Å². The fourth-order valence-corrected chi connectivity index (χ4v) is 2.12. The van der Waals surface area contributed by atoms with Gasteiger partial charge >= 0.3 is 5.97 Å². The van der Waals surface area contributed by atoms with E-state index in [1.165, 1.54) is 0 Å². The zero-order valence-corrected chi connectivity index (χ0v) is 12.9. The molecule has 1 amide bonds. The second-order valence-corrected chi connectivity index (χ2v) is 5.11. The van der Waals surface area contributed by atoms with E-state index >= 15 is 0 Å². The Labute approximate surface area is 116 Å². The lowest BCUT2D eigenvalue weighted by atomic mass is 10.0. The minimum Gasteiger partial charge on any atom is -0.480 e. The van der Waals surface area contributed by atoms with Crippen LogP contribution in [0.1, 0.15) is 47.5 Å². The molecule has 0 atom stereocenters. The number of amides is 1. The summed E-state index contributed by atoms with van der Waals surface area (Å²) in [5, 5.41) is 9.20. The van der Waals surface area contributed by atoms with E-state index in [-0.39, 0.29) is 5.91 Å². The van der Waals surface area contributed by atoms with Crippen molar-refractivity contribution >= 4 is 11.9 Å². The highest BCUT2D eigenvalue weighted by Gasteiger charge is 2.33. The van der Waals surface area contributed by atoms with Crippen LogP contribution in [0.15, 0.2) is 0 Å². The Morgan fingerprint density at radius 1 is 1.05 bits per heavy atom. The molecule has 0 spiro atoms. The third-order valence-corrected chi connectivity index (χ3v) is 3.63. The number of rotatable bonds is 9. The first-order valence-corrected chi connectivity index (χ1v) is 7.07. The molecule has 0 heterocycles. The topological polar surface area (TPSA) is 60.9 Å². The Morgan fingerprint density at radius 2 is 1.58 bits per heavy atom. The monoisotopic (exact) mass is 272 g/mol. The standard InChI is InChI=1S/C14H28N2O3/c1-6-15(7-2)12(17)10-9-11-16(8-3)14(4,5)13(18)19/h6-11H2,1-5H3,(H,18,19). The van der Waals surface area contributed by atoms with Crippen LogP contribution in [0.4, 0.5) is 0 Å². The van der Waals surface area contributed by atoms with Crippen LogP contribution in [-0.2, 0) is 9.59 Å². The zero-order valence-electron chi connectivity index (χ0n) is 12.9. The van der Waals surface area contributed by atoms with Crippen molar-refractivity contribution in [1.82, 2.24) is 9.80 Å². The van der Waals surface area contributed by atoms with Gasteiger partial charge in [0.25, 0.3) is 0 Å². The molecule has 5 nitrogen and oxygen atoms in total. The minimum atomic E-state index is -0.882. The van der Waals surface area contributed by atoms with Gasteiger partial charge in [-0.3, -0.25) is 14.5 Å². The molecule has 0 fully saturated rings. The maximum atomic E-state index is 11.8. The number of likely N-dealkylation sites (N-methyl/N-ethyl adjacent to an activating group) is 1. The SMILES string of the molecule is CCN(CC)C(=O)CCCN(CC)C(C)(C)C(=O)O. The van der Waals surface area contributed by atoms with Crippen LogP contribution in [0.5, 0.6) is 0 Å². The third kappa shape index (κ3) is 5.19. The molecule has 5 heteroatoms. The smallest absolute Gasteiger partial charge is 0.323 e. The van der Waals surface area contributed by atoms with E-state index < -0.39 is 11.5 Å². The first-order valence-electron chi connectivity index (χ1n) is 7.07. The number of hydrogen-bond donors (Lipinski definition) is 1. The average Bonchev–Trinajstić information content (AvgIpc) is 2.35. The summed E-state index contributed by atoms with van der Waals surface area (Å²) >= 11 is 0. The van der Waals surface area contributed by atoms with Crippen molar-refractivity contribution in [2.45, 2.75) is 53.0 Å². The molecule has 0 unspecified atom stereocenters. The second-order valence-electron chi connectivity index (χ2n) is 5.11. The summed E-state index contributed by atoms with van der Waals surface area (Å²) in [4.78, 5) is 26.8. The van der Waals surface area contributed by atoms with Crippen LogP contribution < -0.4 is 0 Å². The number of carboxylic acid groups (broad SMARTS) is 1. The third-order valence-electron chi connectivity index (χ3n) is 3.63. The van der Waals surface area contributed by atoms with Crippen molar-refractivity contribution in [3.05, 3.63) is 0 Å². The summed E-state index contributed by atoms with van der Waals surface area (Å²) in [6, 6.07) is 0. The summed E-state index contributed by atoms with van der Waals surface area (Å²) in [5.41, 5.74) is -0.882. The van der Waals surface area contributed by atoms with Crippen LogP contribution in [0.2, 0.25) is 0 Å². The Kier molecular flexibility index (Phi) is 7.68. The van der Waals surface area contributed by atoms with Crippen molar-refractivity contribution in [2.24, 2.45) is 0 Å². The molecule has 0 saturated heterocycles. The molecule has 1 N–H and O–H groups in total. The van der Waals surface area contributed by atoms with Gasteiger partial charge in [-0.2, -0.15) is 0 Å². The fraction of sp³-hybridized carbons (Fsp3) is 0.857. The molecule has 0 rings (SSSR count). The Morgan fingerprint density at radius 3 is 1.95 bits per heavy atom. The minimum absolute atomic E-state index is 0.147. The number of hydrogen-bond acceptors (Lipinski definition) is 3. The van der Waals surface area contributed by atoms with Crippen LogP contribution in [0.25, 0.3) is 0 Å². The molecule has 0 aliphatic heterocycles. The maximum absolute atomic E-state index is 11.8. The molecule has 0 aromatic rings. The zero-order chi connectivity index (χ0) is 15.1. The number of carbonyl (C=O) groups excluding carboxylic acids is 1. The highest BCUT2D eigenvalue weighted by Crippen LogP contribution is 2.15. The molecular formula is C14H28N2O3. The van der Waals surface area contributed by atoms with Gasteiger partial charge in [-0.25, -0.2) is 0 Å². The van der Waals surface area contributed by atoms with Crippen molar-refractivity contribution < 1.29 is 14.7 Å². The largest absolute Gasteiger partial charge is 0.480 e. The summed E-state index contributed by atoms with van der Waals surface area (Å²) in [6.07, 6.45) is 1.17. The van der Waals surface area contributed by atoms with Crippen molar-refractivity contribution in [3.8, 4) is 0 Å². The van der Waals surface area contributed by atoms with Gasteiger partial charge in [0, 0.05) is 19.5 Å². The van der Waals surface area contributed by atoms with E-state index in [1.807, 2.05) is 25.7 Å². The molecule has 0 aromatic heterocycles. The van der Waals surface area contributed by atoms with Crippen LogP contribution in [0, 0.1) is 0 Å². The molecule has 0 aromatic carbocycles. The van der Waals surface area contributed by atoms with E-state index in [0.717, 1.165) is 13.1 Å². The van der Waals surface area contributed by atoms with Gasteiger partial charge in [-0.1, -0.05) is 6.92 Å². The molecule has 0 aliphatic rings. The lowest BCUT2D eigenvalue weighted by Gasteiger charge is -2.34. The Balaban J connectivity index is 4.31. The van der Waals surface area contributed by atoms with Crippen molar-refractivity contribution in [1.29, 1.82) is 0 Å². The summed E-state index contributed by atoms with van der Waals surface area (Å²) in [6.45, 7) is 12.0. The predicted molar refractivity (Wildman–Crippen MR) is 76.1 cm³/mol. The van der Waals surface area contributed by atoms with Gasteiger partial charge < -0.3 is 10.0 Å². The molecule has 0 aliphatic carbocycles. The summed E-state index contributed by atoms with van der Waals surface area (Å²) in [7, 11) is 0. The van der Waals surface area contributed by atoms with E-state index in [4.69, 9.17) is 0 Å². The first-order chi connectivity index (χ1) is 8.81. The number of nitrogens with zero attached hydrogens (tertiary/aromatic N) is 2. The van der Waals surface area contributed by atoms with Crippen molar-refractivity contribution in [3.63, 3.8) is 0 Å². The predicted octanol–water partition coefficient (Wildman–Crippen LogP) is 1.82. The number of carbonyl (C=O) groups is 2. The summed E-state index contributed by atoms with van der Waals surface area (Å²) < 4.78 is 0. The fourth-order valence-electron chi connectivity index (χ4n) is 2.12. The molecular weight excluding hydrogens is 244 g/mol. The van der Waals surface area contributed by atoms with Gasteiger partial charge in [0.1, 0.15) is 5.54 Å². The number of carboxylic acids is 1. The molecule has 0 radical (unpaired) electrons. The summed E-state index contributed by atoms with van der Waals surface area (Å²) in [5.74, 6) is -0.682. The van der Waals surface area contributed by atoms with Crippen LogP contribution in [0.3, 0.4) is 0 Å². The van der Waals surface area contributed by atoms with E-state index in [9.17, 15) is 14.7 Å². The molecule has 112 valence electrons. The highest BCUT2D eigenvalue weighted by molar-refractivity contribution is 5.77.